The van der Waals surface area contributed by atoms with Gasteiger partial charge in [-0.15, -0.1) is 5.10 Å². The molecule has 0 saturated carbocycles. The van der Waals surface area contributed by atoms with Crippen LogP contribution in [0.2, 0.25) is 0 Å². The predicted molar refractivity (Wildman–Crippen MR) is 189 cm³/mol. The van der Waals surface area contributed by atoms with Crippen LogP contribution < -0.4 is 26.7 Å². The minimum absolute atomic E-state index is 0.128. The van der Waals surface area contributed by atoms with Crippen LogP contribution in [0.3, 0.4) is 0 Å². The molecule has 1 atom stereocenters. The van der Waals surface area contributed by atoms with E-state index in [1.165, 1.54) is 38.2 Å². The standard InChI is InChI=1S/C39H32FN3P2/c1-29(34-26-16-28-37(34)44(30-17-6-2-7-18-30)31-19-8-3-9-20-31)43-39(38(41-42-43)35-25-14-15-27-36(35)40)45(32-21-10-4-11-22-32)33-23-12-5-13-24-33/h2-27,29H,28H2,1H3/t29-/m0/s1. The van der Waals surface area contributed by atoms with Crippen LogP contribution in [0.15, 0.2) is 169 Å². The van der Waals surface area contributed by atoms with Crippen molar-refractivity contribution in [1.29, 1.82) is 0 Å². The van der Waals surface area contributed by atoms with Gasteiger partial charge in [0, 0.05) is 13.5 Å². The molecule has 1 heterocycles. The lowest BCUT2D eigenvalue weighted by molar-refractivity contribution is 0.554. The van der Waals surface area contributed by atoms with Crippen molar-refractivity contribution in [3.63, 3.8) is 0 Å². The molecule has 0 aliphatic heterocycles. The van der Waals surface area contributed by atoms with Gasteiger partial charge in [0.05, 0.1) is 11.5 Å². The van der Waals surface area contributed by atoms with Crippen LogP contribution in [0.4, 0.5) is 4.39 Å². The molecule has 0 bridgehead atoms. The SMILES string of the molecule is C[C@@H](C1=C(P(c2ccccc2)c2ccccc2)CC=C1)n1nnc(-c2ccccc2F)c1P(c1ccccc1)c1ccccc1. The van der Waals surface area contributed by atoms with Crippen LogP contribution in [0.1, 0.15) is 19.4 Å². The number of nitrogens with zero attached hydrogens (tertiary/aromatic N) is 3. The van der Waals surface area contributed by atoms with Crippen molar-refractivity contribution in [3.05, 3.63) is 174 Å². The molecule has 0 saturated heterocycles. The molecule has 0 N–H and O–H groups in total. The highest BCUT2D eigenvalue weighted by Crippen LogP contribution is 2.51. The van der Waals surface area contributed by atoms with E-state index in [0.29, 0.717) is 11.3 Å². The normalized spacial score (nSPS) is 13.6. The van der Waals surface area contributed by atoms with Gasteiger partial charge in [0.2, 0.25) is 0 Å². The number of rotatable bonds is 9. The van der Waals surface area contributed by atoms with E-state index in [9.17, 15) is 0 Å². The van der Waals surface area contributed by atoms with E-state index in [2.05, 4.69) is 133 Å². The van der Waals surface area contributed by atoms with E-state index in [1.807, 2.05) is 24.3 Å². The van der Waals surface area contributed by atoms with Crippen molar-refractivity contribution < 1.29 is 4.39 Å². The van der Waals surface area contributed by atoms with Gasteiger partial charge in [-0.3, -0.25) is 0 Å². The van der Waals surface area contributed by atoms with Gasteiger partial charge in [0.25, 0.3) is 0 Å². The second-order valence-electron chi connectivity index (χ2n) is 10.9. The molecule has 0 spiro atoms. The fraction of sp³-hybridized carbons (Fsp3) is 0.0769. The molecule has 45 heavy (non-hydrogen) atoms. The Bertz CT molecular complexity index is 1880. The van der Waals surface area contributed by atoms with Crippen molar-refractivity contribution in [3.8, 4) is 11.3 Å². The largest absolute Gasteiger partial charge is 0.236 e. The summed E-state index contributed by atoms with van der Waals surface area (Å²) in [7, 11) is -1.89. The van der Waals surface area contributed by atoms with E-state index in [0.717, 1.165) is 11.9 Å². The molecule has 5 aromatic carbocycles. The molecule has 0 unspecified atom stereocenters. The summed E-state index contributed by atoms with van der Waals surface area (Å²) in [5.74, 6) is -0.299. The maximum Gasteiger partial charge on any atom is 0.132 e. The number of hydrogen-bond donors (Lipinski definition) is 0. The summed E-state index contributed by atoms with van der Waals surface area (Å²) in [4.78, 5) is 0. The average molecular weight is 624 g/mol. The number of hydrogen-bond acceptors (Lipinski definition) is 2. The van der Waals surface area contributed by atoms with Crippen molar-refractivity contribution in [2.24, 2.45) is 0 Å². The molecule has 6 heteroatoms. The third-order valence-electron chi connectivity index (χ3n) is 8.10. The van der Waals surface area contributed by atoms with Gasteiger partial charge in [-0.05, 0) is 65.5 Å². The number of aromatic nitrogens is 3. The molecule has 3 nitrogen and oxygen atoms in total. The summed E-state index contributed by atoms with van der Waals surface area (Å²) in [6.45, 7) is 2.21. The Hall–Kier alpha value is -4.49. The lowest BCUT2D eigenvalue weighted by atomic mass is 10.1. The number of allylic oxidation sites excluding steroid dienone is 4. The lowest BCUT2D eigenvalue weighted by Crippen LogP contribution is -2.30. The van der Waals surface area contributed by atoms with E-state index < -0.39 is 15.8 Å². The smallest absolute Gasteiger partial charge is 0.132 e. The summed E-state index contributed by atoms with van der Waals surface area (Å²) in [6.07, 6.45) is 5.42. The first-order valence-electron chi connectivity index (χ1n) is 15.1. The first kappa shape index (κ1) is 29.2. The van der Waals surface area contributed by atoms with Gasteiger partial charge < -0.3 is 0 Å². The van der Waals surface area contributed by atoms with Crippen LogP contribution >= 0.6 is 15.8 Å². The molecule has 0 radical (unpaired) electrons. The maximum absolute atomic E-state index is 15.5. The summed E-state index contributed by atoms with van der Waals surface area (Å²) in [5, 5.41) is 16.0. The molecule has 220 valence electrons. The second kappa shape index (κ2) is 13.2. The zero-order valence-electron chi connectivity index (χ0n) is 24.9. The summed E-state index contributed by atoms with van der Waals surface area (Å²) < 4.78 is 17.6. The van der Waals surface area contributed by atoms with Crippen LogP contribution in [0.25, 0.3) is 11.3 Å². The van der Waals surface area contributed by atoms with Crippen LogP contribution in [0, 0.1) is 5.82 Å². The van der Waals surface area contributed by atoms with Gasteiger partial charge in [0.1, 0.15) is 11.5 Å². The minimum Gasteiger partial charge on any atom is -0.236 e. The minimum atomic E-state index is -1.12. The monoisotopic (exact) mass is 623 g/mol. The highest BCUT2D eigenvalue weighted by atomic mass is 31.1. The van der Waals surface area contributed by atoms with Gasteiger partial charge in [-0.1, -0.05) is 151 Å². The van der Waals surface area contributed by atoms with E-state index in [1.54, 1.807) is 6.07 Å². The summed E-state index contributed by atoms with van der Waals surface area (Å²) in [6, 6.07) is 49.4. The fourth-order valence-corrected chi connectivity index (χ4v) is 11.2. The van der Waals surface area contributed by atoms with Crippen LogP contribution in [-0.2, 0) is 0 Å². The van der Waals surface area contributed by atoms with Crippen molar-refractivity contribution in [1.82, 2.24) is 15.0 Å². The Morgan fingerprint density at radius 1 is 0.622 bits per heavy atom. The number of halogens is 1. The van der Waals surface area contributed by atoms with E-state index in [-0.39, 0.29) is 11.9 Å². The zero-order chi connectivity index (χ0) is 30.6. The predicted octanol–water partition coefficient (Wildman–Crippen LogP) is 7.75. The Morgan fingerprint density at radius 3 is 1.60 bits per heavy atom. The molecule has 0 fully saturated rings. The molecule has 7 rings (SSSR count). The number of benzene rings is 5. The highest BCUT2D eigenvalue weighted by molar-refractivity contribution is 7.80. The maximum atomic E-state index is 15.5. The lowest BCUT2D eigenvalue weighted by Gasteiger charge is -2.27. The summed E-state index contributed by atoms with van der Waals surface area (Å²) in [5.41, 5.74) is 3.25. The molecular weight excluding hydrogens is 591 g/mol. The molecule has 0 amide bonds. The summed E-state index contributed by atoms with van der Waals surface area (Å²) >= 11 is 0. The van der Waals surface area contributed by atoms with Crippen LogP contribution in [0.5, 0.6) is 0 Å². The third-order valence-corrected chi connectivity index (χ3v) is 13.2. The topological polar surface area (TPSA) is 30.7 Å². The molecule has 1 aliphatic rings. The van der Waals surface area contributed by atoms with Crippen molar-refractivity contribution in [2.45, 2.75) is 19.4 Å². The second-order valence-corrected chi connectivity index (χ2v) is 15.3. The molecule has 1 aliphatic carbocycles. The molecular formula is C39H32FN3P2. The average Bonchev–Trinajstić information content (AvgIpc) is 3.75. The fourth-order valence-electron chi connectivity index (χ4n) is 5.99. The quantitative estimate of drug-likeness (QED) is 0.154. The highest BCUT2D eigenvalue weighted by Gasteiger charge is 2.32. The Balaban J connectivity index is 1.45. The Morgan fingerprint density at radius 2 is 1.09 bits per heavy atom. The van der Waals surface area contributed by atoms with Crippen LogP contribution in [-0.4, -0.2) is 15.0 Å². The van der Waals surface area contributed by atoms with Gasteiger partial charge >= 0.3 is 0 Å². The van der Waals surface area contributed by atoms with Crippen molar-refractivity contribution >= 4 is 42.5 Å². The van der Waals surface area contributed by atoms with E-state index in [4.69, 9.17) is 10.3 Å². The van der Waals surface area contributed by atoms with Gasteiger partial charge in [0.15, 0.2) is 0 Å². The Kier molecular flexibility index (Phi) is 8.61. The van der Waals surface area contributed by atoms with Crippen molar-refractivity contribution in [2.75, 3.05) is 0 Å². The first-order valence-corrected chi connectivity index (χ1v) is 17.8. The van der Waals surface area contributed by atoms with Gasteiger partial charge in [-0.2, -0.15) is 0 Å². The molecule has 6 aromatic rings. The third kappa shape index (κ3) is 5.85. The zero-order valence-corrected chi connectivity index (χ0v) is 26.7. The Labute approximate surface area is 266 Å². The first-order chi connectivity index (χ1) is 22.2. The molecule has 1 aromatic heterocycles. The van der Waals surface area contributed by atoms with E-state index >= 15 is 4.39 Å². The van der Waals surface area contributed by atoms with Gasteiger partial charge in [-0.25, -0.2) is 9.07 Å².